The Labute approximate surface area is 205 Å². The number of amides is 2. The van der Waals surface area contributed by atoms with Crippen molar-refractivity contribution in [2.24, 2.45) is 0 Å². The summed E-state index contributed by atoms with van der Waals surface area (Å²) in [5, 5.41) is 5.75. The number of anilines is 1. The monoisotopic (exact) mass is 488 g/mol. The summed E-state index contributed by atoms with van der Waals surface area (Å²) in [5.41, 5.74) is 2.48. The van der Waals surface area contributed by atoms with Crippen molar-refractivity contribution in [3.8, 4) is 0 Å². The number of carbonyl (C=O) groups is 2. The number of hydrogen-bond acceptors (Lipinski definition) is 6. The van der Waals surface area contributed by atoms with Gasteiger partial charge in [-0.3, -0.25) is 9.59 Å². The standard InChI is InChI=1S/C27H24N2O5S/c1-16-14-23(30)34-21-15-17(9-10-18(16)21)28-26(31)24-19-6-3-4-7-20(19)27(32)29(11-12-33-2)25(24)22-8-5-13-35-22/h3-10,13-15,24-25H,11-12H2,1-2H3,(H,28,31)/t24-,25+/m1/s1. The van der Waals surface area contributed by atoms with Crippen molar-refractivity contribution < 1.29 is 18.7 Å². The van der Waals surface area contributed by atoms with E-state index in [1.54, 1.807) is 36.3 Å². The van der Waals surface area contributed by atoms with Crippen molar-refractivity contribution in [2.75, 3.05) is 25.6 Å². The molecule has 0 saturated heterocycles. The fourth-order valence-corrected chi connectivity index (χ4v) is 5.58. The van der Waals surface area contributed by atoms with E-state index in [-0.39, 0.29) is 11.8 Å². The number of methoxy groups -OCH3 is 1. The fraction of sp³-hybridized carbons (Fsp3) is 0.222. The molecule has 0 bridgehead atoms. The summed E-state index contributed by atoms with van der Waals surface area (Å²) >= 11 is 1.51. The van der Waals surface area contributed by atoms with Gasteiger partial charge < -0.3 is 19.4 Å². The molecule has 2 aromatic heterocycles. The van der Waals surface area contributed by atoms with Gasteiger partial charge in [0.05, 0.1) is 18.6 Å². The SMILES string of the molecule is COCCN1C(=O)c2ccccc2[C@@H](C(=O)Nc2ccc3c(C)cc(=O)oc3c2)[C@@H]1c1cccs1. The molecule has 2 amide bonds. The fourth-order valence-electron chi connectivity index (χ4n) is 4.71. The van der Waals surface area contributed by atoms with E-state index in [4.69, 9.17) is 9.15 Å². The molecule has 4 aromatic rings. The van der Waals surface area contributed by atoms with E-state index in [0.717, 1.165) is 15.8 Å². The zero-order chi connectivity index (χ0) is 24.5. The summed E-state index contributed by atoms with van der Waals surface area (Å²) < 4.78 is 10.6. The van der Waals surface area contributed by atoms with Crippen LogP contribution in [0, 0.1) is 6.92 Å². The minimum absolute atomic E-state index is 0.122. The van der Waals surface area contributed by atoms with Crippen molar-refractivity contribution >= 4 is 39.8 Å². The molecule has 2 atom stereocenters. The van der Waals surface area contributed by atoms with Gasteiger partial charge in [-0.25, -0.2) is 4.79 Å². The van der Waals surface area contributed by atoms with Crippen molar-refractivity contribution in [1.82, 2.24) is 4.90 Å². The van der Waals surface area contributed by atoms with Crippen LogP contribution in [0.5, 0.6) is 0 Å². The number of hydrogen-bond donors (Lipinski definition) is 1. The van der Waals surface area contributed by atoms with E-state index < -0.39 is 17.6 Å². The minimum atomic E-state index is -0.639. The minimum Gasteiger partial charge on any atom is -0.423 e. The second-order valence-corrected chi connectivity index (χ2v) is 9.44. The number of nitrogens with one attached hydrogen (secondary N) is 1. The molecule has 1 aliphatic heterocycles. The Morgan fingerprint density at radius 1 is 1.11 bits per heavy atom. The summed E-state index contributed by atoms with van der Waals surface area (Å²) in [6, 6.07) is 17.3. The van der Waals surface area contributed by atoms with Crippen LogP contribution in [-0.2, 0) is 9.53 Å². The number of benzene rings is 2. The molecule has 8 heteroatoms. The molecule has 0 fully saturated rings. The Morgan fingerprint density at radius 3 is 2.71 bits per heavy atom. The summed E-state index contributed by atoms with van der Waals surface area (Å²) in [7, 11) is 1.59. The van der Waals surface area contributed by atoms with Gasteiger partial charge in [0.15, 0.2) is 0 Å². The number of carbonyl (C=O) groups excluding carboxylic acids is 2. The van der Waals surface area contributed by atoms with Crippen LogP contribution in [-0.4, -0.2) is 37.0 Å². The molecular weight excluding hydrogens is 464 g/mol. The summed E-state index contributed by atoms with van der Waals surface area (Å²) in [4.78, 5) is 41.8. The number of rotatable bonds is 6. The van der Waals surface area contributed by atoms with Gasteiger partial charge in [-0.1, -0.05) is 24.3 Å². The molecule has 1 aliphatic rings. The Balaban J connectivity index is 1.58. The second-order valence-electron chi connectivity index (χ2n) is 8.47. The van der Waals surface area contributed by atoms with Crippen molar-refractivity contribution in [3.05, 3.63) is 98.0 Å². The molecule has 0 unspecified atom stereocenters. The largest absolute Gasteiger partial charge is 0.423 e. The average molecular weight is 489 g/mol. The van der Waals surface area contributed by atoms with Crippen LogP contribution in [0.2, 0.25) is 0 Å². The van der Waals surface area contributed by atoms with Gasteiger partial charge in [-0.15, -0.1) is 11.3 Å². The Morgan fingerprint density at radius 2 is 1.94 bits per heavy atom. The first-order valence-electron chi connectivity index (χ1n) is 11.3. The highest BCUT2D eigenvalue weighted by molar-refractivity contribution is 7.10. The van der Waals surface area contributed by atoms with Crippen molar-refractivity contribution in [2.45, 2.75) is 18.9 Å². The third-order valence-electron chi connectivity index (χ3n) is 6.31. The lowest BCUT2D eigenvalue weighted by atomic mass is 9.81. The zero-order valence-electron chi connectivity index (χ0n) is 19.3. The summed E-state index contributed by atoms with van der Waals surface area (Å²) in [6.45, 7) is 2.55. The Hall–Kier alpha value is -3.75. The molecular formula is C27H24N2O5S. The van der Waals surface area contributed by atoms with Gasteiger partial charge >= 0.3 is 5.63 Å². The topological polar surface area (TPSA) is 88.9 Å². The maximum absolute atomic E-state index is 13.9. The molecule has 0 spiro atoms. The van der Waals surface area contributed by atoms with Crippen LogP contribution >= 0.6 is 11.3 Å². The lowest BCUT2D eigenvalue weighted by Gasteiger charge is -2.41. The highest BCUT2D eigenvalue weighted by Gasteiger charge is 2.44. The molecule has 35 heavy (non-hydrogen) atoms. The van der Waals surface area contributed by atoms with Crippen LogP contribution < -0.4 is 10.9 Å². The van der Waals surface area contributed by atoms with E-state index in [1.165, 1.54) is 17.4 Å². The van der Waals surface area contributed by atoms with E-state index >= 15 is 0 Å². The molecule has 0 saturated carbocycles. The first-order valence-corrected chi connectivity index (χ1v) is 12.1. The molecule has 0 radical (unpaired) electrons. The van der Waals surface area contributed by atoms with Crippen LogP contribution in [0.1, 0.15) is 38.3 Å². The smallest absolute Gasteiger partial charge is 0.336 e. The van der Waals surface area contributed by atoms with E-state index in [1.807, 2.05) is 42.6 Å². The number of ether oxygens (including phenoxy) is 1. The van der Waals surface area contributed by atoms with Gasteiger partial charge in [0.25, 0.3) is 5.91 Å². The lowest BCUT2D eigenvalue weighted by Crippen LogP contribution is -2.47. The van der Waals surface area contributed by atoms with Crippen LogP contribution in [0.25, 0.3) is 11.0 Å². The third kappa shape index (κ3) is 4.26. The maximum Gasteiger partial charge on any atom is 0.336 e. The quantitative estimate of drug-likeness (QED) is 0.397. The van der Waals surface area contributed by atoms with Crippen LogP contribution in [0.15, 0.2) is 75.3 Å². The molecule has 1 N–H and O–H groups in total. The van der Waals surface area contributed by atoms with Crippen LogP contribution in [0.3, 0.4) is 0 Å². The summed E-state index contributed by atoms with van der Waals surface area (Å²) in [5.74, 6) is -1.01. The molecule has 3 heterocycles. The predicted octanol–water partition coefficient (Wildman–Crippen LogP) is 4.73. The Kier molecular flexibility index (Phi) is 6.23. The number of nitrogens with zero attached hydrogens (tertiary/aromatic N) is 1. The van der Waals surface area contributed by atoms with Crippen molar-refractivity contribution in [1.29, 1.82) is 0 Å². The Bertz CT molecular complexity index is 1460. The predicted molar refractivity (Wildman–Crippen MR) is 135 cm³/mol. The number of thiophene rings is 1. The molecule has 0 aliphatic carbocycles. The first kappa shape index (κ1) is 23.0. The molecule has 7 nitrogen and oxygen atoms in total. The van der Waals surface area contributed by atoms with E-state index in [0.29, 0.717) is 35.5 Å². The van der Waals surface area contributed by atoms with Gasteiger partial charge in [-0.2, -0.15) is 0 Å². The molecule has 2 aromatic carbocycles. The molecule has 5 rings (SSSR count). The first-order chi connectivity index (χ1) is 17.0. The van der Waals surface area contributed by atoms with E-state index in [9.17, 15) is 14.4 Å². The van der Waals surface area contributed by atoms with Crippen molar-refractivity contribution in [3.63, 3.8) is 0 Å². The maximum atomic E-state index is 13.9. The summed E-state index contributed by atoms with van der Waals surface area (Å²) in [6.07, 6.45) is 0. The third-order valence-corrected chi connectivity index (χ3v) is 7.25. The van der Waals surface area contributed by atoms with E-state index in [2.05, 4.69) is 5.32 Å². The van der Waals surface area contributed by atoms with Gasteiger partial charge in [0.2, 0.25) is 5.91 Å². The zero-order valence-corrected chi connectivity index (χ0v) is 20.1. The normalized spacial score (nSPS) is 17.4. The highest BCUT2D eigenvalue weighted by Crippen LogP contribution is 2.44. The van der Waals surface area contributed by atoms with Gasteiger partial charge in [0.1, 0.15) is 5.58 Å². The van der Waals surface area contributed by atoms with Gasteiger partial charge in [-0.05, 0) is 47.7 Å². The molecule has 178 valence electrons. The van der Waals surface area contributed by atoms with Gasteiger partial charge in [0, 0.05) is 47.3 Å². The average Bonchev–Trinajstić information content (AvgIpc) is 3.37. The number of aryl methyl sites for hydroxylation is 1. The second kappa shape index (κ2) is 9.48. The van der Waals surface area contributed by atoms with Crippen LogP contribution in [0.4, 0.5) is 5.69 Å². The number of fused-ring (bicyclic) bond motifs is 2. The highest BCUT2D eigenvalue weighted by atomic mass is 32.1. The lowest BCUT2D eigenvalue weighted by molar-refractivity contribution is -0.119.